The molecule has 0 rings (SSSR count). The van der Waals surface area contributed by atoms with Crippen molar-refractivity contribution in [3.05, 3.63) is 0 Å². The van der Waals surface area contributed by atoms with Gasteiger partial charge in [0.1, 0.15) is 0 Å². The summed E-state index contributed by atoms with van der Waals surface area (Å²) in [5.41, 5.74) is 0. The van der Waals surface area contributed by atoms with E-state index in [1.807, 2.05) is 0 Å². The normalized spacial score (nSPS) is 11.6. The fraction of sp³-hybridized carbons (Fsp3) is 0.857. The average molecular weight is 264 g/mol. The summed E-state index contributed by atoms with van der Waals surface area (Å²) >= 11 is 17.0. The molecule has 0 aromatic carbocycles. The quantitative estimate of drug-likeness (QED) is 0.432. The molecule has 13 heavy (non-hydrogen) atoms. The molecule has 0 atom stereocenters. The lowest BCUT2D eigenvalue weighted by Crippen LogP contribution is -2.07. The zero-order valence-corrected chi connectivity index (χ0v) is 10.5. The van der Waals surface area contributed by atoms with Gasteiger partial charge in [0.25, 0.3) is 0 Å². The van der Waals surface area contributed by atoms with Crippen molar-refractivity contribution in [2.45, 2.75) is 38.1 Å². The highest BCUT2D eigenvalue weighted by Gasteiger charge is 2.23. The maximum Gasteiger partial charge on any atom is 0.341 e. The zero-order chi connectivity index (χ0) is 10.3. The molecule has 0 aliphatic carbocycles. The number of rotatable bonds is 7. The molecule has 0 fully saturated rings. The smallest absolute Gasteiger partial charge is 0.341 e. The van der Waals surface area contributed by atoms with Gasteiger partial charge in [0.2, 0.25) is 0 Å². The average Bonchev–Trinajstić information content (AvgIpc) is 1.93. The van der Waals surface area contributed by atoms with Crippen molar-refractivity contribution in [2.75, 3.05) is 0 Å². The van der Waals surface area contributed by atoms with Gasteiger partial charge >= 0.3 is 12.0 Å². The Bertz CT molecular complexity index is 158. The number of aliphatic carboxylic acids is 1. The van der Waals surface area contributed by atoms with Crippen LogP contribution < -0.4 is 0 Å². The van der Waals surface area contributed by atoms with Gasteiger partial charge in [-0.25, -0.2) is 0 Å². The Morgan fingerprint density at radius 1 is 1.08 bits per heavy atom. The van der Waals surface area contributed by atoms with Crippen LogP contribution in [0.2, 0.25) is 6.04 Å². The minimum Gasteiger partial charge on any atom is -0.481 e. The fourth-order valence-electron chi connectivity index (χ4n) is 0.955. The van der Waals surface area contributed by atoms with E-state index < -0.39 is 12.0 Å². The van der Waals surface area contributed by atoms with Gasteiger partial charge in [-0.1, -0.05) is 19.3 Å². The second-order valence-electron chi connectivity index (χ2n) is 2.92. The number of halogens is 3. The first-order valence-corrected chi connectivity index (χ1v) is 9.44. The van der Waals surface area contributed by atoms with E-state index in [0.29, 0.717) is 6.04 Å². The molecule has 0 aliphatic heterocycles. The van der Waals surface area contributed by atoms with Crippen LogP contribution in [0.1, 0.15) is 32.1 Å². The van der Waals surface area contributed by atoms with Crippen molar-refractivity contribution in [3.63, 3.8) is 0 Å². The van der Waals surface area contributed by atoms with Crippen LogP contribution in [0.3, 0.4) is 0 Å². The van der Waals surface area contributed by atoms with Crippen molar-refractivity contribution in [1.82, 2.24) is 0 Å². The zero-order valence-electron chi connectivity index (χ0n) is 7.23. The van der Waals surface area contributed by atoms with Crippen molar-refractivity contribution < 1.29 is 9.90 Å². The van der Waals surface area contributed by atoms with Gasteiger partial charge in [0, 0.05) is 6.42 Å². The first kappa shape index (κ1) is 13.6. The Morgan fingerprint density at radius 2 is 1.62 bits per heavy atom. The van der Waals surface area contributed by atoms with Gasteiger partial charge in [0.15, 0.2) is 0 Å². The fourth-order valence-corrected chi connectivity index (χ4v) is 2.81. The lowest BCUT2D eigenvalue weighted by Gasteiger charge is -2.06. The highest BCUT2D eigenvalue weighted by Crippen LogP contribution is 2.27. The molecule has 0 saturated carbocycles. The molecule has 0 aliphatic rings. The number of hydrogen-bond donors (Lipinski definition) is 1. The van der Waals surface area contributed by atoms with Crippen molar-refractivity contribution in [1.29, 1.82) is 0 Å². The molecule has 0 bridgehead atoms. The summed E-state index contributed by atoms with van der Waals surface area (Å²) < 4.78 is 0. The molecule has 0 spiro atoms. The van der Waals surface area contributed by atoms with Gasteiger partial charge < -0.3 is 5.11 Å². The van der Waals surface area contributed by atoms with Gasteiger partial charge in [-0.2, -0.15) is 0 Å². The predicted molar refractivity (Wildman–Crippen MR) is 58.8 cm³/mol. The van der Waals surface area contributed by atoms with Gasteiger partial charge in [-0.05, 0) is 12.5 Å². The van der Waals surface area contributed by atoms with Crippen LogP contribution in [0.25, 0.3) is 0 Å². The van der Waals surface area contributed by atoms with Crippen LogP contribution in [0.4, 0.5) is 0 Å². The molecule has 6 heteroatoms. The maximum absolute atomic E-state index is 10.1. The number of unbranched alkanes of at least 4 members (excludes halogenated alkanes) is 3. The summed E-state index contributed by atoms with van der Waals surface area (Å²) in [5, 5.41) is 8.34. The van der Waals surface area contributed by atoms with Crippen LogP contribution >= 0.6 is 33.2 Å². The Morgan fingerprint density at radius 3 is 2.08 bits per heavy atom. The van der Waals surface area contributed by atoms with E-state index in [1.54, 1.807) is 0 Å². The largest absolute Gasteiger partial charge is 0.481 e. The first-order chi connectivity index (χ1) is 5.92. The molecular weight excluding hydrogens is 251 g/mol. The summed E-state index contributed by atoms with van der Waals surface area (Å²) in [5.74, 6) is -0.740. The van der Waals surface area contributed by atoms with Crippen LogP contribution in [0.15, 0.2) is 0 Å². The van der Waals surface area contributed by atoms with Crippen LogP contribution in [-0.4, -0.2) is 17.1 Å². The summed E-state index contributed by atoms with van der Waals surface area (Å²) in [6.45, 7) is 0. The van der Waals surface area contributed by atoms with E-state index in [4.69, 9.17) is 38.3 Å². The number of hydrogen-bond acceptors (Lipinski definition) is 1. The Balaban J connectivity index is 3.13. The summed E-state index contributed by atoms with van der Waals surface area (Å²) in [6, 6.07) is -1.77. The summed E-state index contributed by atoms with van der Waals surface area (Å²) in [6.07, 6.45) is 3.71. The second kappa shape index (κ2) is 6.93. The third kappa shape index (κ3) is 12.6. The van der Waals surface area contributed by atoms with Gasteiger partial charge in [0.05, 0.1) is 0 Å². The lowest BCUT2D eigenvalue weighted by atomic mass is 10.2. The van der Waals surface area contributed by atoms with E-state index in [0.717, 1.165) is 25.7 Å². The first-order valence-electron chi connectivity index (χ1n) is 4.20. The molecule has 0 radical (unpaired) electrons. The summed E-state index contributed by atoms with van der Waals surface area (Å²) in [7, 11) is 0. The predicted octanol–water partition coefficient (Wildman–Crippen LogP) is 3.68. The van der Waals surface area contributed by atoms with E-state index in [9.17, 15) is 4.79 Å². The lowest BCUT2D eigenvalue weighted by molar-refractivity contribution is -0.137. The van der Waals surface area contributed by atoms with E-state index in [2.05, 4.69) is 0 Å². The van der Waals surface area contributed by atoms with E-state index >= 15 is 0 Å². The molecule has 0 saturated heterocycles. The minimum atomic E-state index is -2.44. The second-order valence-corrected chi connectivity index (χ2v) is 12.2. The molecular formula is C7H13Cl3O2Si. The van der Waals surface area contributed by atoms with Crippen molar-refractivity contribution in [2.24, 2.45) is 0 Å². The van der Waals surface area contributed by atoms with E-state index in [1.165, 1.54) is 0 Å². The molecule has 0 heterocycles. The monoisotopic (exact) mass is 262 g/mol. The molecule has 0 aromatic heterocycles. The van der Waals surface area contributed by atoms with E-state index in [-0.39, 0.29) is 6.42 Å². The van der Waals surface area contributed by atoms with Gasteiger partial charge in [-0.3, -0.25) is 4.79 Å². The van der Waals surface area contributed by atoms with Gasteiger partial charge in [-0.15, -0.1) is 33.2 Å². The number of carbonyl (C=O) groups is 1. The SMILES string of the molecule is O=C(O)CCCCCC[Si](Cl)(Cl)Cl. The molecule has 1 N–H and O–H groups in total. The van der Waals surface area contributed by atoms with Crippen molar-refractivity contribution in [3.8, 4) is 0 Å². The Labute approximate surface area is 93.3 Å². The highest BCUT2D eigenvalue weighted by molar-refractivity contribution is 7.64. The summed E-state index contributed by atoms with van der Waals surface area (Å²) in [4.78, 5) is 10.1. The van der Waals surface area contributed by atoms with Crippen molar-refractivity contribution >= 4 is 45.2 Å². The highest BCUT2D eigenvalue weighted by atomic mass is 35.8. The van der Waals surface area contributed by atoms with Crippen LogP contribution in [0, 0.1) is 0 Å². The maximum atomic E-state index is 10.1. The third-order valence-corrected chi connectivity index (χ3v) is 4.22. The van der Waals surface area contributed by atoms with Crippen LogP contribution in [-0.2, 0) is 4.79 Å². The molecule has 0 aromatic rings. The molecule has 0 amide bonds. The number of carboxylic acids is 1. The Hall–Kier alpha value is 0.557. The molecule has 0 unspecified atom stereocenters. The number of carboxylic acid groups (broad SMARTS) is 1. The topological polar surface area (TPSA) is 37.3 Å². The van der Waals surface area contributed by atoms with Crippen LogP contribution in [0.5, 0.6) is 0 Å². The third-order valence-electron chi connectivity index (χ3n) is 1.60. The Kier molecular flexibility index (Phi) is 7.23. The standard InChI is InChI=1S/C7H13Cl3O2Si/c8-13(9,10)6-4-2-1-3-5-7(11)12/h1-6H2,(H,11,12). The molecule has 78 valence electrons. The minimum absolute atomic E-state index is 0.241. The molecule has 2 nitrogen and oxygen atoms in total.